The van der Waals surface area contributed by atoms with Crippen LogP contribution < -0.4 is 0 Å². The molecule has 0 aromatic carbocycles. The number of carbonyl (C=O) groups is 1. The predicted octanol–water partition coefficient (Wildman–Crippen LogP) is 0.360. The molecule has 1 N–H and O–H groups in total. The number of rotatable bonds is 3. The van der Waals surface area contributed by atoms with Crippen LogP contribution in [0.15, 0.2) is 0 Å². The lowest BCUT2D eigenvalue weighted by Crippen LogP contribution is -1.96. The monoisotopic (exact) mass is 135 g/mol. The topological polar surface area (TPSA) is 46.5 Å². The second-order valence-corrected chi connectivity index (χ2v) is 1.51. The van der Waals surface area contributed by atoms with Crippen LogP contribution in [0.3, 0.4) is 0 Å². The number of aliphatic hydroxyl groups excluding tert-OH is 1. The van der Waals surface area contributed by atoms with Gasteiger partial charge in [0.1, 0.15) is 0 Å². The molecule has 48 valence electrons. The maximum Gasteiger partial charge on any atom is 0.273 e. The van der Waals surface area contributed by atoms with E-state index >= 15 is 0 Å². The van der Waals surface area contributed by atoms with Crippen molar-refractivity contribution in [1.29, 1.82) is 0 Å². The predicted molar refractivity (Wildman–Crippen MR) is 30.7 cm³/mol. The van der Waals surface area contributed by atoms with Crippen LogP contribution >= 0.6 is 9.47 Å². The second kappa shape index (κ2) is 5.01. The van der Waals surface area contributed by atoms with Gasteiger partial charge in [-0.3, -0.25) is 4.79 Å². The molecule has 0 aliphatic rings. The summed E-state index contributed by atoms with van der Waals surface area (Å²) in [5.41, 5.74) is 0. The zero-order valence-electron chi connectivity index (χ0n) is 4.39. The Morgan fingerprint density at radius 2 is 2.38 bits per heavy atom. The molecule has 0 unspecified atom stereocenters. The zero-order chi connectivity index (χ0) is 6.41. The van der Waals surface area contributed by atoms with Gasteiger partial charge < -0.3 is 19.1 Å². The number of carbonyl (C=O) groups excluding carboxylic acids is 1. The summed E-state index contributed by atoms with van der Waals surface area (Å²) >= 11 is 0. The maximum absolute atomic E-state index is 10.2. The van der Waals surface area contributed by atoms with Gasteiger partial charge in [-0.1, -0.05) is 0 Å². The standard InChI is InChI=1S/C4H8O3P/c5-3-1-2-4(6)7-8/h5,8H,1-3H2/q-1. The minimum absolute atomic E-state index is 0.0291. The SMILES string of the molecule is O=C(CCCO)O[PH-]. The summed E-state index contributed by atoms with van der Waals surface area (Å²) in [7, 11) is 2.56. The number of aliphatic hydroxyl groups is 1. The molecule has 0 saturated carbocycles. The van der Waals surface area contributed by atoms with E-state index in [-0.39, 0.29) is 19.0 Å². The quantitative estimate of drug-likeness (QED) is 0.568. The molecule has 0 spiro atoms. The van der Waals surface area contributed by atoms with Gasteiger partial charge in [0, 0.05) is 13.0 Å². The highest BCUT2D eigenvalue weighted by atomic mass is 31.0. The first-order valence-electron chi connectivity index (χ1n) is 2.28. The van der Waals surface area contributed by atoms with Gasteiger partial charge in [0.15, 0.2) is 0 Å². The van der Waals surface area contributed by atoms with Crippen LogP contribution in [-0.2, 0) is 9.32 Å². The summed E-state index contributed by atoms with van der Waals surface area (Å²) in [4.78, 5) is 10.2. The lowest BCUT2D eigenvalue weighted by atomic mass is 10.3. The lowest BCUT2D eigenvalue weighted by molar-refractivity contribution is -0.133. The Kier molecular flexibility index (Phi) is 4.92. The van der Waals surface area contributed by atoms with Crippen LogP contribution in [-0.4, -0.2) is 17.7 Å². The molecule has 0 aromatic heterocycles. The van der Waals surface area contributed by atoms with E-state index in [0.29, 0.717) is 6.42 Å². The third kappa shape index (κ3) is 4.03. The van der Waals surface area contributed by atoms with Crippen molar-refractivity contribution in [2.75, 3.05) is 6.61 Å². The molecular formula is C4H8O3P-. The van der Waals surface area contributed by atoms with Crippen LogP contribution in [0.2, 0.25) is 0 Å². The summed E-state index contributed by atoms with van der Waals surface area (Å²) in [5, 5.41) is 8.19. The molecule has 0 amide bonds. The summed E-state index contributed by atoms with van der Waals surface area (Å²) in [6.07, 6.45) is 0.726. The van der Waals surface area contributed by atoms with Crippen molar-refractivity contribution in [3.8, 4) is 0 Å². The van der Waals surface area contributed by atoms with Crippen molar-refractivity contribution >= 4 is 15.4 Å². The Hall–Kier alpha value is -0.140. The molecule has 0 heterocycles. The molecule has 0 aliphatic carbocycles. The Bertz CT molecular complexity index is 73.7. The van der Waals surface area contributed by atoms with E-state index in [1.54, 1.807) is 0 Å². The Balaban J connectivity index is 2.99. The van der Waals surface area contributed by atoms with Crippen molar-refractivity contribution in [1.82, 2.24) is 0 Å². The average molecular weight is 135 g/mol. The van der Waals surface area contributed by atoms with Crippen molar-refractivity contribution in [2.24, 2.45) is 0 Å². The molecule has 0 saturated heterocycles. The lowest BCUT2D eigenvalue weighted by Gasteiger charge is -2.03. The average Bonchev–Trinajstić information content (AvgIpc) is 1.83. The van der Waals surface area contributed by atoms with E-state index in [1.807, 2.05) is 0 Å². The highest BCUT2D eigenvalue weighted by Gasteiger charge is 1.92. The summed E-state index contributed by atoms with van der Waals surface area (Å²) in [6.45, 7) is 0.0291. The second-order valence-electron chi connectivity index (χ2n) is 1.30. The smallest absolute Gasteiger partial charge is 0.273 e. The van der Waals surface area contributed by atoms with Gasteiger partial charge in [-0.15, -0.1) is 0 Å². The molecule has 0 aromatic rings. The van der Waals surface area contributed by atoms with E-state index in [9.17, 15) is 4.79 Å². The van der Waals surface area contributed by atoms with Crippen molar-refractivity contribution < 1.29 is 14.4 Å². The molecule has 0 fully saturated rings. The Morgan fingerprint density at radius 1 is 1.75 bits per heavy atom. The molecule has 0 atom stereocenters. The molecule has 0 rings (SSSR count). The van der Waals surface area contributed by atoms with Crippen molar-refractivity contribution in [3.63, 3.8) is 0 Å². The molecule has 3 nitrogen and oxygen atoms in total. The van der Waals surface area contributed by atoms with Crippen LogP contribution in [0.4, 0.5) is 0 Å². The molecule has 4 heteroatoms. The Morgan fingerprint density at radius 3 is 2.75 bits per heavy atom. The van der Waals surface area contributed by atoms with E-state index in [0.717, 1.165) is 0 Å². The van der Waals surface area contributed by atoms with E-state index in [2.05, 4.69) is 14.0 Å². The van der Waals surface area contributed by atoms with Gasteiger partial charge >= 0.3 is 0 Å². The van der Waals surface area contributed by atoms with Crippen molar-refractivity contribution in [3.05, 3.63) is 0 Å². The van der Waals surface area contributed by atoms with E-state index in [1.165, 1.54) is 0 Å². The van der Waals surface area contributed by atoms with Gasteiger partial charge in [-0.25, -0.2) is 0 Å². The van der Waals surface area contributed by atoms with Gasteiger partial charge in [-0.2, -0.15) is 0 Å². The fourth-order valence-electron chi connectivity index (χ4n) is 0.274. The highest BCUT2D eigenvalue weighted by molar-refractivity contribution is 7.10. The number of hydrogen-bond donors (Lipinski definition) is 1. The Labute approximate surface area is 50.3 Å². The van der Waals surface area contributed by atoms with E-state index < -0.39 is 0 Å². The maximum atomic E-state index is 10.2. The van der Waals surface area contributed by atoms with Gasteiger partial charge in [-0.05, 0) is 6.42 Å². The first-order valence-corrected chi connectivity index (χ1v) is 2.69. The highest BCUT2D eigenvalue weighted by Crippen LogP contribution is 1.94. The molecule has 0 aliphatic heterocycles. The first kappa shape index (κ1) is 7.86. The van der Waals surface area contributed by atoms with Gasteiger partial charge in [0.05, 0.1) is 0 Å². The molecule has 0 radical (unpaired) electrons. The minimum Gasteiger partial charge on any atom is -0.648 e. The zero-order valence-corrected chi connectivity index (χ0v) is 5.39. The fourth-order valence-corrected chi connectivity index (χ4v) is 0.376. The largest absolute Gasteiger partial charge is 0.648 e. The fraction of sp³-hybridized carbons (Fsp3) is 0.750. The first-order chi connectivity index (χ1) is 3.81. The summed E-state index contributed by atoms with van der Waals surface area (Å²) < 4.78 is 4.11. The van der Waals surface area contributed by atoms with Crippen molar-refractivity contribution in [2.45, 2.75) is 12.8 Å². The van der Waals surface area contributed by atoms with Gasteiger partial charge in [0.25, 0.3) is 5.97 Å². The summed E-state index contributed by atoms with van der Waals surface area (Å²) in [6, 6.07) is 0. The van der Waals surface area contributed by atoms with Crippen LogP contribution in [0.1, 0.15) is 12.8 Å². The van der Waals surface area contributed by atoms with Gasteiger partial charge in [0.2, 0.25) is 0 Å². The minimum atomic E-state index is -0.351. The molecule has 8 heavy (non-hydrogen) atoms. The molecular weight excluding hydrogens is 127 g/mol. The van der Waals surface area contributed by atoms with Crippen LogP contribution in [0, 0.1) is 0 Å². The molecule has 0 bridgehead atoms. The normalized spacial score (nSPS) is 8.75. The number of hydrogen-bond acceptors (Lipinski definition) is 3. The third-order valence-corrected chi connectivity index (χ3v) is 0.881. The third-order valence-electron chi connectivity index (χ3n) is 0.653. The van der Waals surface area contributed by atoms with E-state index in [4.69, 9.17) is 5.11 Å². The summed E-state index contributed by atoms with van der Waals surface area (Å²) in [5.74, 6) is -0.351. The van der Waals surface area contributed by atoms with Crippen LogP contribution in [0.5, 0.6) is 0 Å². The van der Waals surface area contributed by atoms with Crippen LogP contribution in [0.25, 0.3) is 0 Å².